The van der Waals surface area contributed by atoms with Crippen LogP contribution in [-0.2, 0) is 4.79 Å². The molecule has 1 atom stereocenters. The molecule has 0 radical (unpaired) electrons. The lowest BCUT2D eigenvalue weighted by atomic mass is 10.3. The van der Waals surface area contributed by atoms with Gasteiger partial charge < -0.3 is 4.79 Å². The van der Waals surface area contributed by atoms with E-state index >= 15 is 0 Å². The van der Waals surface area contributed by atoms with Crippen LogP contribution in [0.25, 0.3) is 0 Å². The van der Waals surface area contributed by atoms with Gasteiger partial charge in [0.2, 0.25) is 0 Å². The summed E-state index contributed by atoms with van der Waals surface area (Å²) in [6.07, 6.45) is 0.756. The molecule has 0 aliphatic rings. The summed E-state index contributed by atoms with van der Waals surface area (Å²) in [7, 11) is 0. The largest absolute Gasteiger partial charge is 0.302 e. The van der Waals surface area contributed by atoms with E-state index in [1.807, 2.05) is 0 Å². The molecule has 13 heavy (non-hydrogen) atoms. The smallest absolute Gasteiger partial charge is 0.159 e. The summed E-state index contributed by atoms with van der Waals surface area (Å²) in [5, 5.41) is -0.245. The molecule has 0 aromatic heterocycles. The topological polar surface area (TPSA) is 17.1 Å². The van der Waals surface area contributed by atoms with Crippen LogP contribution in [0.2, 0.25) is 0 Å². The summed E-state index contributed by atoms with van der Waals surface area (Å²) in [5.41, 5.74) is 0. The zero-order chi connectivity index (χ0) is 9.84. The Hall–Kier alpha value is -0.900. The summed E-state index contributed by atoms with van der Waals surface area (Å²) >= 11 is 1.19. The number of carbonyl (C=O) groups is 1. The van der Waals surface area contributed by atoms with Gasteiger partial charge in [-0.3, -0.25) is 0 Å². The fourth-order valence-corrected chi connectivity index (χ4v) is 1.60. The van der Waals surface area contributed by atoms with E-state index in [1.54, 1.807) is 6.92 Å². The molecule has 1 unspecified atom stereocenters. The van der Waals surface area contributed by atoms with E-state index in [0.717, 1.165) is 18.4 Å². The van der Waals surface area contributed by atoms with Gasteiger partial charge in [0.05, 0.1) is 5.25 Å². The predicted molar refractivity (Wildman–Crippen MR) is 47.7 cm³/mol. The Morgan fingerprint density at radius 3 is 2.62 bits per heavy atom. The van der Waals surface area contributed by atoms with E-state index in [1.165, 1.54) is 17.8 Å². The highest BCUT2D eigenvalue weighted by molar-refractivity contribution is 8.00. The Morgan fingerprint density at radius 2 is 2.08 bits per heavy atom. The second-order valence-electron chi connectivity index (χ2n) is 2.53. The molecule has 1 aromatic carbocycles. The maximum absolute atomic E-state index is 12.7. The first kappa shape index (κ1) is 10.2. The second kappa shape index (κ2) is 4.37. The minimum atomic E-state index is -0.886. The molecule has 0 N–H and O–H groups in total. The van der Waals surface area contributed by atoms with Gasteiger partial charge in [0, 0.05) is 4.90 Å². The Bertz CT molecular complexity index is 314. The van der Waals surface area contributed by atoms with E-state index in [0.29, 0.717) is 4.90 Å². The van der Waals surface area contributed by atoms with Crippen molar-refractivity contribution < 1.29 is 13.6 Å². The van der Waals surface area contributed by atoms with Crippen molar-refractivity contribution in [1.82, 2.24) is 0 Å². The fourth-order valence-electron chi connectivity index (χ4n) is 0.793. The van der Waals surface area contributed by atoms with Crippen LogP contribution in [0.5, 0.6) is 0 Å². The van der Waals surface area contributed by atoms with E-state index in [2.05, 4.69) is 0 Å². The van der Waals surface area contributed by atoms with Gasteiger partial charge in [-0.1, -0.05) is 0 Å². The van der Waals surface area contributed by atoms with Crippen molar-refractivity contribution in [2.24, 2.45) is 0 Å². The minimum Gasteiger partial charge on any atom is -0.302 e. The van der Waals surface area contributed by atoms with Crippen LogP contribution in [-0.4, -0.2) is 11.5 Å². The van der Waals surface area contributed by atoms with Crippen molar-refractivity contribution in [3.63, 3.8) is 0 Å². The molecule has 0 amide bonds. The number of carbonyl (C=O) groups excluding carboxylic acids is 1. The quantitative estimate of drug-likeness (QED) is 0.553. The Kier molecular flexibility index (Phi) is 3.42. The zero-order valence-corrected chi connectivity index (χ0v) is 7.78. The third-order valence-corrected chi connectivity index (χ3v) is 2.41. The molecule has 0 saturated carbocycles. The molecular formula is C9H8F2OS. The van der Waals surface area contributed by atoms with Gasteiger partial charge in [-0.15, -0.1) is 11.8 Å². The van der Waals surface area contributed by atoms with Crippen LogP contribution in [0, 0.1) is 11.6 Å². The third-order valence-electron chi connectivity index (χ3n) is 1.40. The van der Waals surface area contributed by atoms with Crippen molar-refractivity contribution in [1.29, 1.82) is 0 Å². The van der Waals surface area contributed by atoms with Crippen molar-refractivity contribution >= 4 is 18.0 Å². The summed E-state index contributed by atoms with van der Waals surface area (Å²) in [4.78, 5) is 10.8. The lowest BCUT2D eigenvalue weighted by Crippen LogP contribution is -1.96. The van der Waals surface area contributed by atoms with Crippen LogP contribution in [0.15, 0.2) is 23.1 Å². The predicted octanol–water partition coefficient (Wildman–Crippen LogP) is 2.64. The molecule has 4 heteroatoms. The van der Waals surface area contributed by atoms with E-state index in [9.17, 15) is 13.6 Å². The maximum atomic E-state index is 12.7. The SMILES string of the molecule is CC(C=O)Sc1ccc(F)c(F)c1. The normalized spacial score (nSPS) is 12.5. The monoisotopic (exact) mass is 202 g/mol. The Morgan fingerprint density at radius 1 is 1.38 bits per heavy atom. The number of hydrogen-bond acceptors (Lipinski definition) is 2. The van der Waals surface area contributed by atoms with Gasteiger partial charge in [0.1, 0.15) is 6.29 Å². The van der Waals surface area contributed by atoms with Crippen molar-refractivity contribution in [2.45, 2.75) is 17.1 Å². The lowest BCUT2D eigenvalue weighted by Gasteiger charge is -2.03. The zero-order valence-electron chi connectivity index (χ0n) is 6.96. The van der Waals surface area contributed by atoms with E-state index in [4.69, 9.17) is 0 Å². The first-order valence-corrected chi connectivity index (χ1v) is 4.58. The number of aldehydes is 1. The van der Waals surface area contributed by atoms with Crippen molar-refractivity contribution in [3.05, 3.63) is 29.8 Å². The molecule has 1 rings (SSSR count). The van der Waals surface area contributed by atoms with Gasteiger partial charge in [-0.2, -0.15) is 0 Å². The third kappa shape index (κ3) is 2.81. The van der Waals surface area contributed by atoms with Crippen molar-refractivity contribution in [3.8, 4) is 0 Å². The molecule has 0 fully saturated rings. The molecule has 1 nitrogen and oxygen atoms in total. The number of thioether (sulfide) groups is 1. The number of rotatable bonds is 3. The molecule has 1 aromatic rings. The summed E-state index contributed by atoms with van der Waals surface area (Å²) in [5.74, 6) is -1.76. The lowest BCUT2D eigenvalue weighted by molar-refractivity contribution is -0.107. The standard InChI is InChI=1S/C9H8F2OS/c1-6(5-12)13-7-2-3-8(10)9(11)4-7/h2-6H,1H3. The molecule has 0 spiro atoms. The molecular weight excluding hydrogens is 194 g/mol. The number of hydrogen-bond donors (Lipinski definition) is 0. The van der Waals surface area contributed by atoms with Crippen LogP contribution in [0.3, 0.4) is 0 Å². The number of halogens is 2. The molecule has 0 bridgehead atoms. The van der Waals surface area contributed by atoms with Crippen LogP contribution in [0.4, 0.5) is 8.78 Å². The van der Waals surface area contributed by atoms with Crippen LogP contribution < -0.4 is 0 Å². The first-order valence-electron chi connectivity index (χ1n) is 3.70. The first-order chi connectivity index (χ1) is 6.13. The van der Waals surface area contributed by atoms with Gasteiger partial charge >= 0.3 is 0 Å². The molecule has 0 aliphatic carbocycles. The minimum absolute atomic E-state index is 0.245. The Labute approximate surface area is 79.1 Å². The van der Waals surface area contributed by atoms with Gasteiger partial charge in [0.25, 0.3) is 0 Å². The number of benzene rings is 1. The Balaban J connectivity index is 2.79. The highest BCUT2D eigenvalue weighted by atomic mass is 32.2. The average Bonchev–Trinajstić information content (AvgIpc) is 2.11. The highest BCUT2D eigenvalue weighted by Crippen LogP contribution is 2.23. The van der Waals surface area contributed by atoms with Crippen LogP contribution in [0.1, 0.15) is 6.92 Å². The molecule has 0 saturated heterocycles. The maximum Gasteiger partial charge on any atom is 0.159 e. The molecule has 70 valence electrons. The van der Waals surface area contributed by atoms with Gasteiger partial charge in [-0.05, 0) is 25.1 Å². The summed E-state index contributed by atoms with van der Waals surface area (Å²) < 4.78 is 25.1. The van der Waals surface area contributed by atoms with Gasteiger partial charge in [0.15, 0.2) is 11.6 Å². The van der Waals surface area contributed by atoms with E-state index < -0.39 is 11.6 Å². The molecule has 0 aliphatic heterocycles. The van der Waals surface area contributed by atoms with Crippen LogP contribution >= 0.6 is 11.8 Å². The highest BCUT2D eigenvalue weighted by Gasteiger charge is 2.06. The molecule has 0 heterocycles. The second-order valence-corrected chi connectivity index (χ2v) is 3.99. The van der Waals surface area contributed by atoms with Gasteiger partial charge in [-0.25, -0.2) is 8.78 Å². The summed E-state index contributed by atoms with van der Waals surface area (Å²) in [6, 6.07) is 3.58. The van der Waals surface area contributed by atoms with Crippen molar-refractivity contribution in [2.75, 3.05) is 0 Å². The summed E-state index contributed by atoms with van der Waals surface area (Å²) in [6.45, 7) is 1.69. The van der Waals surface area contributed by atoms with E-state index in [-0.39, 0.29) is 5.25 Å². The average molecular weight is 202 g/mol. The fraction of sp³-hybridized carbons (Fsp3) is 0.222.